The number of amides is 2. The summed E-state index contributed by atoms with van der Waals surface area (Å²) in [5.74, 6) is -1.09. The number of benzene rings is 2. The number of nitrogens with zero attached hydrogens (tertiary/aromatic N) is 2. The van der Waals surface area contributed by atoms with Crippen molar-refractivity contribution < 1.29 is 19.1 Å². The van der Waals surface area contributed by atoms with Crippen molar-refractivity contribution in [3.8, 4) is 0 Å². The Morgan fingerprint density at radius 1 is 1.06 bits per heavy atom. The first-order chi connectivity index (χ1) is 14.8. The Balaban J connectivity index is 1.65. The zero-order valence-corrected chi connectivity index (χ0v) is 18.7. The van der Waals surface area contributed by atoms with Gasteiger partial charge < -0.3 is 15.0 Å². The van der Waals surface area contributed by atoms with E-state index in [-0.39, 0.29) is 24.9 Å². The molecule has 164 valence electrons. The van der Waals surface area contributed by atoms with Crippen LogP contribution in [0.25, 0.3) is 0 Å². The van der Waals surface area contributed by atoms with Gasteiger partial charge in [-0.3, -0.25) is 14.5 Å². The molecule has 7 nitrogen and oxygen atoms in total. The van der Waals surface area contributed by atoms with Crippen LogP contribution in [-0.4, -0.2) is 60.9 Å². The molecule has 0 saturated heterocycles. The van der Waals surface area contributed by atoms with Crippen molar-refractivity contribution in [1.29, 1.82) is 0 Å². The Morgan fingerprint density at radius 3 is 2.35 bits per heavy atom. The second-order valence-electron chi connectivity index (χ2n) is 7.35. The van der Waals surface area contributed by atoms with E-state index >= 15 is 0 Å². The number of anilines is 1. The fourth-order valence-corrected chi connectivity index (χ4v) is 4.04. The van der Waals surface area contributed by atoms with Crippen LogP contribution >= 0.6 is 23.2 Å². The van der Waals surface area contributed by atoms with E-state index in [0.29, 0.717) is 28.7 Å². The van der Waals surface area contributed by atoms with Crippen molar-refractivity contribution in [3.63, 3.8) is 0 Å². The lowest BCUT2D eigenvalue weighted by Gasteiger charge is -2.36. The average molecular weight is 464 g/mol. The lowest BCUT2D eigenvalue weighted by molar-refractivity contribution is -0.154. The summed E-state index contributed by atoms with van der Waals surface area (Å²) < 4.78 is 4.91. The number of hydrogen-bond acceptors (Lipinski definition) is 5. The molecule has 9 heteroatoms. The molecular weight excluding hydrogens is 441 g/mol. The van der Waals surface area contributed by atoms with E-state index in [4.69, 9.17) is 27.9 Å². The van der Waals surface area contributed by atoms with Gasteiger partial charge in [-0.1, -0.05) is 53.5 Å². The molecule has 1 N–H and O–H groups in total. The summed E-state index contributed by atoms with van der Waals surface area (Å²) in [5, 5.41) is 3.32. The first-order valence-electron chi connectivity index (χ1n) is 9.66. The molecule has 1 unspecified atom stereocenters. The topological polar surface area (TPSA) is 79.0 Å². The Bertz CT molecular complexity index is 978. The van der Waals surface area contributed by atoms with Gasteiger partial charge in [-0.25, -0.2) is 4.79 Å². The highest BCUT2D eigenvalue weighted by Crippen LogP contribution is 2.29. The smallest absolute Gasteiger partial charge is 0.328 e. The SMILES string of the molecule is COC(=O)C1Cc2ccccc2CN1C(=O)CN(C)CC(=O)Nc1c(Cl)cccc1Cl. The minimum atomic E-state index is -0.698. The van der Waals surface area contributed by atoms with Gasteiger partial charge in [0, 0.05) is 13.0 Å². The zero-order valence-electron chi connectivity index (χ0n) is 17.2. The second-order valence-corrected chi connectivity index (χ2v) is 8.16. The van der Waals surface area contributed by atoms with Gasteiger partial charge in [0.15, 0.2) is 0 Å². The second kappa shape index (κ2) is 10.1. The third-order valence-corrected chi connectivity index (χ3v) is 5.72. The number of methoxy groups -OCH3 is 1. The van der Waals surface area contributed by atoms with Crippen LogP contribution < -0.4 is 5.32 Å². The van der Waals surface area contributed by atoms with Crippen LogP contribution in [0.2, 0.25) is 10.0 Å². The monoisotopic (exact) mass is 463 g/mol. The highest BCUT2D eigenvalue weighted by molar-refractivity contribution is 6.39. The van der Waals surface area contributed by atoms with Crippen LogP contribution in [0.1, 0.15) is 11.1 Å². The predicted octanol–water partition coefficient (Wildman–Crippen LogP) is 2.99. The maximum atomic E-state index is 13.0. The molecular formula is C22H23Cl2N3O4. The summed E-state index contributed by atoms with van der Waals surface area (Å²) >= 11 is 12.2. The van der Waals surface area contributed by atoms with Gasteiger partial charge in [0.25, 0.3) is 0 Å². The number of rotatable bonds is 6. The first kappa shape index (κ1) is 23.1. The molecule has 1 aliphatic heterocycles. The van der Waals surface area contributed by atoms with Gasteiger partial charge in [-0.2, -0.15) is 0 Å². The van der Waals surface area contributed by atoms with Crippen molar-refractivity contribution >= 4 is 46.7 Å². The normalized spacial score (nSPS) is 15.4. The van der Waals surface area contributed by atoms with Crippen molar-refractivity contribution in [2.45, 2.75) is 19.0 Å². The van der Waals surface area contributed by atoms with Gasteiger partial charge >= 0.3 is 5.97 Å². The molecule has 1 heterocycles. The molecule has 1 atom stereocenters. The number of para-hydroxylation sites is 1. The van der Waals surface area contributed by atoms with Gasteiger partial charge in [0.05, 0.1) is 35.9 Å². The van der Waals surface area contributed by atoms with Crippen LogP contribution in [0.3, 0.4) is 0 Å². The molecule has 0 spiro atoms. The van der Waals surface area contributed by atoms with Crippen molar-refractivity contribution in [3.05, 3.63) is 63.6 Å². The molecule has 31 heavy (non-hydrogen) atoms. The lowest BCUT2D eigenvalue weighted by Crippen LogP contribution is -2.52. The Labute approximate surface area is 190 Å². The number of ether oxygens (including phenoxy) is 1. The van der Waals surface area contributed by atoms with Crippen LogP contribution in [-0.2, 0) is 32.1 Å². The third-order valence-electron chi connectivity index (χ3n) is 5.09. The predicted molar refractivity (Wildman–Crippen MR) is 119 cm³/mol. The highest BCUT2D eigenvalue weighted by Gasteiger charge is 2.35. The molecule has 1 aliphatic rings. The number of carbonyl (C=O) groups excluding carboxylic acids is 3. The summed E-state index contributed by atoms with van der Waals surface area (Å²) in [5.41, 5.74) is 2.34. The molecule has 0 aromatic heterocycles. The van der Waals surface area contributed by atoms with Crippen LogP contribution in [0.5, 0.6) is 0 Å². The molecule has 2 aromatic rings. The third kappa shape index (κ3) is 5.55. The number of fused-ring (bicyclic) bond motifs is 1. The van der Waals surface area contributed by atoms with E-state index in [1.165, 1.54) is 12.0 Å². The summed E-state index contributed by atoms with van der Waals surface area (Å²) in [6.45, 7) is 0.212. The fraction of sp³-hybridized carbons (Fsp3) is 0.318. The molecule has 2 amide bonds. The number of esters is 1. The number of nitrogens with one attached hydrogen (secondary N) is 1. The van der Waals surface area contributed by atoms with Crippen LogP contribution in [0.4, 0.5) is 5.69 Å². The molecule has 0 saturated carbocycles. The molecule has 0 fully saturated rings. The van der Waals surface area contributed by atoms with Crippen LogP contribution in [0.15, 0.2) is 42.5 Å². The molecule has 0 radical (unpaired) electrons. The quantitative estimate of drug-likeness (QED) is 0.666. The standard InChI is InChI=1S/C22H23Cl2N3O4/c1-26(12-19(28)25-21-16(23)8-5-9-17(21)24)13-20(29)27-11-15-7-4-3-6-14(15)10-18(27)22(30)31-2/h3-9,18H,10-13H2,1-2H3,(H,25,28). The number of likely N-dealkylation sites (N-methyl/N-ethyl adjacent to an activating group) is 1. The Hall–Kier alpha value is -2.61. The minimum Gasteiger partial charge on any atom is -0.467 e. The van der Waals surface area contributed by atoms with Gasteiger partial charge in [0.2, 0.25) is 11.8 Å². The van der Waals surface area contributed by atoms with Gasteiger partial charge in [0.1, 0.15) is 6.04 Å². The van der Waals surface area contributed by atoms with Crippen LogP contribution in [0, 0.1) is 0 Å². The van der Waals surface area contributed by atoms with E-state index in [1.807, 2.05) is 24.3 Å². The lowest BCUT2D eigenvalue weighted by atomic mass is 9.94. The van der Waals surface area contributed by atoms with Crippen molar-refractivity contribution in [1.82, 2.24) is 9.80 Å². The maximum absolute atomic E-state index is 13.0. The zero-order chi connectivity index (χ0) is 22.5. The molecule has 0 aliphatic carbocycles. The number of hydrogen-bond donors (Lipinski definition) is 1. The summed E-state index contributed by atoms with van der Waals surface area (Å²) in [4.78, 5) is 40.8. The van der Waals surface area contributed by atoms with Gasteiger partial charge in [-0.05, 0) is 30.3 Å². The largest absolute Gasteiger partial charge is 0.467 e. The summed E-state index contributed by atoms with van der Waals surface area (Å²) in [6, 6.07) is 11.9. The average Bonchev–Trinajstić information content (AvgIpc) is 2.74. The first-order valence-corrected chi connectivity index (χ1v) is 10.4. The van der Waals surface area contributed by atoms with E-state index < -0.39 is 12.0 Å². The molecule has 2 aromatic carbocycles. The van der Waals surface area contributed by atoms with E-state index in [1.54, 1.807) is 30.1 Å². The Kier molecular flexibility index (Phi) is 7.54. The fourth-order valence-electron chi connectivity index (χ4n) is 3.55. The summed E-state index contributed by atoms with van der Waals surface area (Å²) in [7, 11) is 2.96. The van der Waals surface area contributed by atoms with Crippen molar-refractivity contribution in [2.75, 3.05) is 32.6 Å². The maximum Gasteiger partial charge on any atom is 0.328 e. The van der Waals surface area contributed by atoms with E-state index in [9.17, 15) is 14.4 Å². The van der Waals surface area contributed by atoms with E-state index in [0.717, 1.165) is 11.1 Å². The molecule has 3 rings (SSSR count). The number of halogens is 2. The van der Waals surface area contributed by atoms with E-state index in [2.05, 4.69) is 5.32 Å². The van der Waals surface area contributed by atoms with Crippen molar-refractivity contribution in [2.24, 2.45) is 0 Å². The molecule has 0 bridgehead atoms. The minimum absolute atomic E-state index is 0.0423. The van der Waals surface area contributed by atoms with Gasteiger partial charge in [-0.15, -0.1) is 0 Å². The summed E-state index contributed by atoms with van der Waals surface area (Å²) in [6.07, 6.45) is 0.393. The number of carbonyl (C=O) groups is 3. The Morgan fingerprint density at radius 2 is 1.71 bits per heavy atom. The highest BCUT2D eigenvalue weighted by atomic mass is 35.5.